The second-order valence-corrected chi connectivity index (χ2v) is 8.72. The molecule has 0 radical (unpaired) electrons. The Balaban J connectivity index is 1.75. The number of thioether (sulfide) groups is 1. The van der Waals surface area contributed by atoms with Gasteiger partial charge in [-0.15, -0.1) is 23.1 Å². The van der Waals surface area contributed by atoms with E-state index in [0.29, 0.717) is 5.56 Å². The van der Waals surface area contributed by atoms with E-state index in [1.807, 2.05) is 24.3 Å². The first kappa shape index (κ1) is 19.0. The van der Waals surface area contributed by atoms with Crippen molar-refractivity contribution >= 4 is 23.1 Å². The lowest BCUT2D eigenvalue weighted by molar-refractivity contribution is 0.310. The first-order chi connectivity index (χ1) is 13.7. The summed E-state index contributed by atoms with van der Waals surface area (Å²) in [6.45, 7) is 1.83. The lowest BCUT2D eigenvalue weighted by Crippen LogP contribution is -2.28. The molecule has 0 spiro atoms. The van der Waals surface area contributed by atoms with E-state index < -0.39 is 0 Å². The molecule has 142 valence electrons. The lowest BCUT2D eigenvalue weighted by atomic mass is 9.96. The largest absolute Gasteiger partial charge is 0.497 e. The molecule has 0 amide bonds. The molecule has 3 heterocycles. The average molecular weight is 408 g/mol. The van der Waals surface area contributed by atoms with Crippen LogP contribution in [0.25, 0.3) is 10.4 Å². The van der Waals surface area contributed by atoms with E-state index >= 15 is 0 Å². The quantitative estimate of drug-likeness (QED) is 0.559. The number of pyridine rings is 1. The van der Waals surface area contributed by atoms with Crippen LogP contribution in [0.2, 0.25) is 0 Å². The van der Waals surface area contributed by atoms with Gasteiger partial charge in [-0.05, 0) is 41.8 Å². The molecular weight excluding hydrogens is 386 g/mol. The number of fused-ring (bicyclic) bond motifs is 1. The van der Waals surface area contributed by atoms with Gasteiger partial charge >= 0.3 is 0 Å². The maximum absolute atomic E-state index is 10.0. The first-order valence-electron chi connectivity index (χ1n) is 9.13. The number of hydrogen-bond donors (Lipinski definition) is 0. The summed E-state index contributed by atoms with van der Waals surface area (Å²) in [5.41, 5.74) is 5.27. The Morgan fingerprint density at radius 3 is 2.96 bits per heavy atom. The Labute approximate surface area is 173 Å². The molecule has 0 atom stereocenters. The molecule has 2 aromatic heterocycles. The molecule has 0 saturated carbocycles. The number of benzene rings is 1. The highest BCUT2D eigenvalue weighted by atomic mass is 32.2. The summed E-state index contributed by atoms with van der Waals surface area (Å²) in [6, 6.07) is 14.7. The Morgan fingerprint density at radius 1 is 1.32 bits per heavy atom. The molecule has 4 nitrogen and oxygen atoms in total. The standard InChI is InChI=1S/C22H21N3OS2/c1-25-9-8-19-18(13-25)21(20-7-4-10-27-20)17(12-23)22(24-19)28-14-15-5-3-6-16(11-15)26-2/h3-7,10-11H,8-9,13-14H2,1-2H3. The van der Waals surface area contributed by atoms with Crippen molar-refractivity contribution in [1.82, 2.24) is 9.88 Å². The van der Waals surface area contributed by atoms with Gasteiger partial charge in [0, 0.05) is 41.4 Å². The van der Waals surface area contributed by atoms with Crippen molar-refractivity contribution in [2.24, 2.45) is 0 Å². The molecule has 28 heavy (non-hydrogen) atoms. The van der Waals surface area contributed by atoms with Crippen molar-refractivity contribution in [3.63, 3.8) is 0 Å². The highest BCUT2D eigenvalue weighted by Gasteiger charge is 2.25. The first-order valence-corrected chi connectivity index (χ1v) is 11.0. The third-order valence-corrected chi connectivity index (χ3v) is 6.83. The van der Waals surface area contributed by atoms with Crippen LogP contribution in [0, 0.1) is 11.3 Å². The Bertz CT molecular complexity index is 1030. The average Bonchev–Trinajstić information content (AvgIpc) is 3.25. The molecule has 1 aliphatic rings. The summed E-state index contributed by atoms with van der Waals surface area (Å²) >= 11 is 3.32. The van der Waals surface area contributed by atoms with Crippen molar-refractivity contribution in [2.45, 2.75) is 23.7 Å². The number of ether oxygens (including phenoxy) is 1. The molecule has 1 aromatic carbocycles. The Morgan fingerprint density at radius 2 is 2.21 bits per heavy atom. The zero-order chi connectivity index (χ0) is 19.5. The number of hydrogen-bond acceptors (Lipinski definition) is 6. The number of thiophene rings is 1. The number of nitriles is 1. The van der Waals surface area contributed by atoms with Crippen LogP contribution < -0.4 is 4.74 Å². The number of methoxy groups -OCH3 is 1. The van der Waals surface area contributed by atoms with Crippen LogP contribution in [-0.4, -0.2) is 30.6 Å². The van der Waals surface area contributed by atoms with Crippen molar-refractivity contribution in [2.75, 3.05) is 20.7 Å². The van der Waals surface area contributed by atoms with E-state index in [1.165, 1.54) is 5.56 Å². The summed E-state index contributed by atoms with van der Waals surface area (Å²) in [7, 11) is 3.80. The Hall–Kier alpha value is -2.33. The summed E-state index contributed by atoms with van der Waals surface area (Å²) < 4.78 is 5.32. The van der Waals surface area contributed by atoms with E-state index in [2.05, 4.69) is 35.5 Å². The van der Waals surface area contributed by atoms with Gasteiger partial charge in [0.2, 0.25) is 0 Å². The van der Waals surface area contributed by atoms with Gasteiger partial charge in [-0.2, -0.15) is 5.26 Å². The minimum atomic E-state index is 0.699. The van der Waals surface area contributed by atoms with Crippen LogP contribution in [0.4, 0.5) is 0 Å². The maximum atomic E-state index is 10.0. The molecule has 1 aliphatic heterocycles. The predicted molar refractivity (Wildman–Crippen MR) is 115 cm³/mol. The smallest absolute Gasteiger partial charge is 0.119 e. The van der Waals surface area contributed by atoms with E-state index in [4.69, 9.17) is 9.72 Å². The molecule has 4 rings (SSSR count). The molecule has 0 fully saturated rings. The topological polar surface area (TPSA) is 49.1 Å². The highest BCUT2D eigenvalue weighted by Crippen LogP contribution is 2.39. The second-order valence-electron chi connectivity index (χ2n) is 6.81. The van der Waals surface area contributed by atoms with E-state index in [0.717, 1.165) is 57.7 Å². The van der Waals surface area contributed by atoms with Crippen molar-refractivity contribution in [1.29, 1.82) is 5.26 Å². The minimum Gasteiger partial charge on any atom is -0.497 e. The third kappa shape index (κ3) is 3.79. The number of aromatic nitrogens is 1. The fraction of sp³-hybridized carbons (Fsp3) is 0.273. The van der Waals surface area contributed by atoms with Gasteiger partial charge in [0.25, 0.3) is 0 Å². The molecule has 6 heteroatoms. The monoisotopic (exact) mass is 407 g/mol. The fourth-order valence-corrected chi connectivity index (χ4v) is 5.24. The Kier molecular flexibility index (Phi) is 5.67. The van der Waals surface area contributed by atoms with Gasteiger partial charge in [0.1, 0.15) is 16.8 Å². The zero-order valence-corrected chi connectivity index (χ0v) is 17.6. The minimum absolute atomic E-state index is 0.699. The number of nitrogens with zero attached hydrogens (tertiary/aromatic N) is 3. The van der Waals surface area contributed by atoms with Crippen LogP contribution in [0.3, 0.4) is 0 Å². The van der Waals surface area contributed by atoms with E-state index in [1.54, 1.807) is 30.2 Å². The molecular formula is C22H21N3OS2. The van der Waals surface area contributed by atoms with Gasteiger partial charge < -0.3 is 9.64 Å². The zero-order valence-electron chi connectivity index (χ0n) is 15.9. The van der Waals surface area contributed by atoms with Crippen LogP contribution >= 0.6 is 23.1 Å². The number of rotatable bonds is 5. The van der Waals surface area contributed by atoms with E-state index in [9.17, 15) is 5.26 Å². The van der Waals surface area contributed by atoms with Crippen LogP contribution in [0.1, 0.15) is 22.4 Å². The summed E-state index contributed by atoms with van der Waals surface area (Å²) in [5.74, 6) is 1.60. The maximum Gasteiger partial charge on any atom is 0.119 e. The van der Waals surface area contributed by atoms with Crippen LogP contribution in [0.5, 0.6) is 5.75 Å². The van der Waals surface area contributed by atoms with Crippen LogP contribution in [-0.2, 0) is 18.7 Å². The van der Waals surface area contributed by atoms with Crippen molar-refractivity contribution < 1.29 is 4.74 Å². The van der Waals surface area contributed by atoms with Crippen molar-refractivity contribution in [3.8, 4) is 22.3 Å². The fourth-order valence-electron chi connectivity index (χ4n) is 3.49. The highest BCUT2D eigenvalue weighted by molar-refractivity contribution is 7.98. The summed E-state index contributed by atoms with van der Waals surface area (Å²) in [6.07, 6.45) is 0.919. The molecule has 0 aliphatic carbocycles. The second kappa shape index (κ2) is 8.36. The molecule has 3 aromatic rings. The van der Waals surface area contributed by atoms with E-state index in [-0.39, 0.29) is 0 Å². The molecule has 0 bridgehead atoms. The van der Waals surface area contributed by atoms with Crippen LogP contribution in [0.15, 0.2) is 46.8 Å². The summed E-state index contributed by atoms with van der Waals surface area (Å²) in [5, 5.41) is 12.9. The third-order valence-electron chi connectivity index (χ3n) is 4.90. The summed E-state index contributed by atoms with van der Waals surface area (Å²) in [4.78, 5) is 8.38. The van der Waals surface area contributed by atoms with Gasteiger partial charge in [-0.1, -0.05) is 18.2 Å². The molecule has 0 saturated heterocycles. The molecule has 0 unspecified atom stereocenters. The van der Waals surface area contributed by atoms with Gasteiger partial charge in [-0.3, -0.25) is 0 Å². The van der Waals surface area contributed by atoms with Gasteiger partial charge in [-0.25, -0.2) is 4.98 Å². The molecule has 0 N–H and O–H groups in total. The SMILES string of the molecule is COc1cccc(CSc2nc3c(c(-c4cccs4)c2C#N)CN(C)CC3)c1. The number of likely N-dealkylation sites (N-methyl/N-ethyl adjacent to an activating group) is 1. The predicted octanol–water partition coefficient (Wildman–Crippen LogP) is 4.97. The van der Waals surface area contributed by atoms with Gasteiger partial charge in [0.15, 0.2) is 0 Å². The van der Waals surface area contributed by atoms with Gasteiger partial charge in [0.05, 0.1) is 12.7 Å². The normalized spacial score (nSPS) is 13.8. The van der Waals surface area contributed by atoms with Crippen molar-refractivity contribution in [3.05, 3.63) is 64.2 Å². The lowest BCUT2D eigenvalue weighted by Gasteiger charge is -2.27.